The highest BCUT2D eigenvalue weighted by Crippen LogP contribution is 2.39. The van der Waals surface area contributed by atoms with E-state index in [4.69, 9.17) is 14.0 Å². The van der Waals surface area contributed by atoms with Crippen LogP contribution in [0.1, 0.15) is 17.7 Å². The molecule has 208 valence electrons. The van der Waals surface area contributed by atoms with Gasteiger partial charge in [0, 0.05) is 30.8 Å². The van der Waals surface area contributed by atoms with E-state index in [0.29, 0.717) is 0 Å². The molecule has 0 bridgehead atoms. The summed E-state index contributed by atoms with van der Waals surface area (Å²) in [5.74, 6) is -2.04. The van der Waals surface area contributed by atoms with Crippen LogP contribution in [-0.4, -0.2) is 67.7 Å². The predicted octanol–water partition coefficient (Wildman–Crippen LogP) is 3.24. The zero-order valence-corrected chi connectivity index (χ0v) is 21.2. The molecule has 1 amide bonds. The number of sulfonamides is 1. The summed E-state index contributed by atoms with van der Waals surface area (Å²) in [5.41, 5.74) is -1.27. The highest BCUT2D eigenvalue weighted by Gasteiger charge is 2.45. The second kappa shape index (κ2) is 10.2. The number of methoxy groups -OCH3 is 1. The maximum Gasteiger partial charge on any atom is 0.416 e. The lowest BCUT2D eigenvalue weighted by Crippen LogP contribution is -2.62. The summed E-state index contributed by atoms with van der Waals surface area (Å²) in [4.78, 5) is 18.3. The number of alkyl halides is 3. The lowest BCUT2D eigenvalue weighted by Gasteiger charge is -2.46. The number of rotatable bonds is 6. The molecule has 0 spiro atoms. The molecule has 2 aliphatic heterocycles. The van der Waals surface area contributed by atoms with Crippen LogP contribution in [-0.2, 0) is 31.5 Å². The van der Waals surface area contributed by atoms with Crippen molar-refractivity contribution in [2.24, 2.45) is 0 Å². The largest absolute Gasteiger partial charge is 0.479 e. The summed E-state index contributed by atoms with van der Waals surface area (Å²) in [6.07, 6.45) is -3.94. The zero-order chi connectivity index (χ0) is 27.9. The average molecular weight is 571 g/mol. The van der Waals surface area contributed by atoms with Gasteiger partial charge in [0.2, 0.25) is 15.9 Å². The first-order valence-electron chi connectivity index (χ1n) is 11.7. The molecule has 0 saturated carbocycles. The van der Waals surface area contributed by atoms with Gasteiger partial charge in [0.05, 0.1) is 30.5 Å². The van der Waals surface area contributed by atoms with Gasteiger partial charge in [-0.3, -0.25) is 9.69 Å². The van der Waals surface area contributed by atoms with E-state index in [1.54, 1.807) is 0 Å². The van der Waals surface area contributed by atoms with Crippen LogP contribution in [0, 0.1) is 5.82 Å². The quantitative estimate of drug-likeness (QED) is 0.415. The fraction of sp³-hybridized carbons (Fsp3) is 0.375. The predicted molar refractivity (Wildman–Crippen MR) is 128 cm³/mol. The van der Waals surface area contributed by atoms with Gasteiger partial charge in [-0.15, -0.1) is 0 Å². The van der Waals surface area contributed by atoms with Crippen molar-refractivity contribution in [3.05, 3.63) is 59.7 Å². The van der Waals surface area contributed by atoms with Crippen LogP contribution in [0.3, 0.4) is 0 Å². The van der Waals surface area contributed by atoms with Gasteiger partial charge < -0.3 is 14.0 Å². The Morgan fingerprint density at radius 3 is 2.69 bits per heavy atom. The standard InChI is InChI=1S/C24H22F4N4O6S/c1-36-23-19(10-17(25)22(29-23)14-3-2-4-15(9-14)24(26,27)28)32-18-5-7-31(11-20(18)37-12-21(32)33)39(34,35)13-16-6-8-38-30-16/h2-4,6,8-10,18,20H,5,7,11-13H2,1H3/t18-,20-/m1/s1. The van der Waals surface area contributed by atoms with Gasteiger partial charge in [-0.2, -0.15) is 17.5 Å². The number of aromatic nitrogens is 2. The minimum absolute atomic E-state index is 0.0343. The Bertz CT molecular complexity index is 1480. The minimum Gasteiger partial charge on any atom is -0.479 e. The van der Waals surface area contributed by atoms with E-state index in [2.05, 4.69) is 10.1 Å². The summed E-state index contributed by atoms with van der Waals surface area (Å²) in [5, 5.41) is 3.64. The fourth-order valence-electron chi connectivity index (χ4n) is 4.75. The van der Waals surface area contributed by atoms with Crippen molar-refractivity contribution < 1.29 is 44.8 Å². The lowest BCUT2D eigenvalue weighted by molar-refractivity contribution is -0.137. The van der Waals surface area contributed by atoms with Crippen molar-refractivity contribution in [1.82, 2.24) is 14.4 Å². The first-order chi connectivity index (χ1) is 18.5. The number of piperidine rings is 1. The third-order valence-electron chi connectivity index (χ3n) is 6.56. The SMILES string of the molecule is COc1nc(-c2cccc(C(F)(F)F)c2)c(F)cc1N1C(=O)CO[C@@H]2CN(S(=O)(=O)Cc3ccon3)CC[C@H]21. The van der Waals surface area contributed by atoms with E-state index in [-0.39, 0.29) is 53.8 Å². The maximum absolute atomic E-state index is 15.3. The number of anilines is 1. The molecule has 2 fully saturated rings. The van der Waals surface area contributed by atoms with Gasteiger partial charge in [0.25, 0.3) is 5.91 Å². The van der Waals surface area contributed by atoms with Crippen LogP contribution in [0.25, 0.3) is 11.3 Å². The molecule has 3 aromatic rings. The van der Waals surface area contributed by atoms with Crippen LogP contribution < -0.4 is 9.64 Å². The van der Waals surface area contributed by atoms with E-state index in [1.807, 2.05) is 0 Å². The van der Waals surface area contributed by atoms with Crippen LogP contribution in [0.15, 0.2) is 47.2 Å². The lowest BCUT2D eigenvalue weighted by atomic mass is 9.98. The third-order valence-corrected chi connectivity index (χ3v) is 8.34. The first-order valence-corrected chi connectivity index (χ1v) is 13.3. The van der Waals surface area contributed by atoms with E-state index >= 15 is 4.39 Å². The second-order valence-corrected chi connectivity index (χ2v) is 11.0. The average Bonchev–Trinajstić information content (AvgIpc) is 3.40. The Kier molecular flexibility index (Phi) is 7.07. The molecule has 2 atom stereocenters. The normalized spacial score (nSPS) is 20.6. The van der Waals surface area contributed by atoms with Gasteiger partial charge in [-0.1, -0.05) is 17.3 Å². The van der Waals surface area contributed by atoms with Crippen molar-refractivity contribution >= 4 is 21.6 Å². The number of halogens is 4. The van der Waals surface area contributed by atoms with Crippen LogP contribution >= 0.6 is 0 Å². The van der Waals surface area contributed by atoms with Crippen molar-refractivity contribution in [1.29, 1.82) is 0 Å². The van der Waals surface area contributed by atoms with Crippen molar-refractivity contribution in [3.63, 3.8) is 0 Å². The number of morpholine rings is 1. The number of carbonyl (C=O) groups is 1. The summed E-state index contributed by atoms with van der Waals surface area (Å²) < 4.78 is 97.6. The maximum atomic E-state index is 15.3. The minimum atomic E-state index is -4.64. The number of amides is 1. The van der Waals surface area contributed by atoms with Crippen LogP contribution in [0.4, 0.5) is 23.2 Å². The molecule has 1 aromatic carbocycles. The highest BCUT2D eigenvalue weighted by molar-refractivity contribution is 7.88. The number of ether oxygens (including phenoxy) is 2. The molecule has 4 heterocycles. The molecule has 2 aliphatic rings. The van der Waals surface area contributed by atoms with E-state index in [9.17, 15) is 26.4 Å². The summed E-state index contributed by atoms with van der Waals surface area (Å²) >= 11 is 0. The Morgan fingerprint density at radius 2 is 2.00 bits per heavy atom. The summed E-state index contributed by atoms with van der Waals surface area (Å²) in [6, 6.07) is 5.81. The van der Waals surface area contributed by atoms with Crippen LogP contribution in [0.5, 0.6) is 5.88 Å². The monoisotopic (exact) mass is 570 g/mol. The topological polar surface area (TPSA) is 115 Å². The van der Waals surface area contributed by atoms with Gasteiger partial charge >= 0.3 is 6.18 Å². The Balaban J connectivity index is 1.44. The zero-order valence-electron chi connectivity index (χ0n) is 20.4. The molecule has 15 heteroatoms. The molecule has 0 aliphatic carbocycles. The van der Waals surface area contributed by atoms with Crippen molar-refractivity contribution in [3.8, 4) is 17.1 Å². The van der Waals surface area contributed by atoms with Crippen molar-refractivity contribution in [2.45, 2.75) is 30.5 Å². The number of pyridine rings is 1. The van der Waals surface area contributed by atoms with Gasteiger partial charge in [0.1, 0.15) is 30.0 Å². The smallest absolute Gasteiger partial charge is 0.416 e. The molecule has 0 unspecified atom stereocenters. The van der Waals surface area contributed by atoms with E-state index < -0.39 is 52.2 Å². The number of carbonyl (C=O) groups excluding carboxylic acids is 1. The molecular weight excluding hydrogens is 548 g/mol. The summed E-state index contributed by atoms with van der Waals surface area (Å²) in [7, 11) is -2.53. The molecule has 5 rings (SSSR count). The fourth-order valence-corrected chi connectivity index (χ4v) is 6.22. The second-order valence-electron chi connectivity index (χ2n) is 9.00. The molecular formula is C24H22F4N4O6S. The Hall–Kier alpha value is -3.56. The Labute approximate surface area is 220 Å². The molecule has 10 nitrogen and oxygen atoms in total. The molecule has 0 radical (unpaired) electrons. The van der Waals surface area contributed by atoms with Gasteiger partial charge in [-0.25, -0.2) is 17.8 Å². The van der Waals surface area contributed by atoms with Gasteiger partial charge in [-0.05, 0) is 18.6 Å². The number of hydrogen-bond donors (Lipinski definition) is 0. The number of fused-ring (bicyclic) bond motifs is 1. The molecule has 2 aromatic heterocycles. The first kappa shape index (κ1) is 27.0. The van der Waals surface area contributed by atoms with Crippen molar-refractivity contribution in [2.75, 3.05) is 31.7 Å². The van der Waals surface area contributed by atoms with Crippen LogP contribution in [0.2, 0.25) is 0 Å². The Morgan fingerprint density at radius 1 is 1.21 bits per heavy atom. The number of benzene rings is 1. The van der Waals surface area contributed by atoms with E-state index in [0.717, 1.165) is 24.3 Å². The van der Waals surface area contributed by atoms with Gasteiger partial charge in [0.15, 0.2) is 5.82 Å². The highest BCUT2D eigenvalue weighted by atomic mass is 32.2. The molecule has 2 saturated heterocycles. The summed E-state index contributed by atoms with van der Waals surface area (Å²) in [6.45, 7) is -0.414. The molecule has 39 heavy (non-hydrogen) atoms. The molecule has 0 N–H and O–H groups in total. The number of nitrogens with zero attached hydrogens (tertiary/aromatic N) is 4. The number of hydrogen-bond acceptors (Lipinski definition) is 8. The third kappa shape index (κ3) is 5.33. The van der Waals surface area contributed by atoms with E-state index in [1.165, 1.54) is 34.7 Å².